The van der Waals surface area contributed by atoms with Gasteiger partial charge in [0.05, 0.1) is 0 Å². The van der Waals surface area contributed by atoms with Crippen LogP contribution in [0.15, 0.2) is 0 Å². The van der Waals surface area contributed by atoms with Crippen LogP contribution in [0.5, 0.6) is 0 Å². The normalized spacial score (nSPS) is 34.7. The molecule has 2 fully saturated rings. The number of carbonyl (C=O) groups excluding carboxylic acids is 1. The van der Waals surface area contributed by atoms with Gasteiger partial charge < -0.3 is 10.2 Å². The van der Waals surface area contributed by atoms with E-state index in [1.165, 1.54) is 25.0 Å². The third-order valence-electron chi connectivity index (χ3n) is 3.90. The highest BCUT2D eigenvalue weighted by Crippen LogP contribution is 2.24. The van der Waals surface area contributed by atoms with Crippen LogP contribution in [-0.2, 0) is 4.79 Å². The predicted molar refractivity (Wildman–Crippen MR) is 73.4 cm³/mol. The minimum absolute atomic E-state index is 0.352. The van der Waals surface area contributed by atoms with Crippen LogP contribution in [0.1, 0.15) is 39.5 Å². The SMILES string of the molecule is CC1CCCC(C)N1C(=O)CC1CSCCN1. The lowest BCUT2D eigenvalue weighted by Crippen LogP contribution is -2.50. The van der Waals surface area contributed by atoms with Crippen molar-refractivity contribution in [2.75, 3.05) is 18.1 Å². The van der Waals surface area contributed by atoms with E-state index < -0.39 is 0 Å². The van der Waals surface area contributed by atoms with E-state index in [1.807, 2.05) is 11.8 Å². The zero-order chi connectivity index (χ0) is 12.3. The van der Waals surface area contributed by atoms with Gasteiger partial charge in [-0.05, 0) is 33.1 Å². The van der Waals surface area contributed by atoms with E-state index in [0.717, 1.165) is 12.3 Å². The van der Waals surface area contributed by atoms with Crippen LogP contribution in [0.4, 0.5) is 0 Å². The fraction of sp³-hybridized carbons (Fsp3) is 0.923. The number of nitrogens with zero attached hydrogens (tertiary/aromatic N) is 1. The van der Waals surface area contributed by atoms with Gasteiger partial charge >= 0.3 is 0 Å². The van der Waals surface area contributed by atoms with Crippen LogP contribution in [0.25, 0.3) is 0 Å². The van der Waals surface area contributed by atoms with Crippen LogP contribution in [0, 0.1) is 0 Å². The Morgan fingerprint density at radius 2 is 2.06 bits per heavy atom. The highest BCUT2D eigenvalue weighted by Gasteiger charge is 2.30. The van der Waals surface area contributed by atoms with Gasteiger partial charge in [0.1, 0.15) is 0 Å². The average Bonchev–Trinajstić information content (AvgIpc) is 2.30. The second-order valence-corrected chi connectivity index (χ2v) is 6.51. The Hall–Kier alpha value is -0.220. The first kappa shape index (κ1) is 13.2. The predicted octanol–water partition coefficient (Wildman–Crippen LogP) is 1.87. The van der Waals surface area contributed by atoms with E-state index in [-0.39, 0.29) is 0 Å². The minimum Gasteiger partial charge on any atom is -0.337 e. The number of amides is 1. The first-order chi connectivity index (χ1) is 8.18. The van der Waals surface area contributed by atoms with E-state index in [4.69, 9.17) is 0 Å². The maximum absolute atomic E-state index is 12.4. The van der Waals surface area contributed by atoms with Crippen LogP contribution in [0.2, 0.25) is 0 Å². The number of thioether (sulfide) groups is 1. The smallest absolute Gasteiger partial charge is 0.224 e. The van der Waals surface area contributed by atoms with Crippen LogP contribution in [-0.4, -0.2) is 47.0 Å². The molecule has 1 amide bonds. The van der Waals surface area contributed by atoms with Crippen molar-refractivity contribution >= 4 is 17.7 Å². The summed E-state index contributed by atoms with van der Waals surface area (Å²) in [5, 5.41) is 3.45. The monoisotopic (exact) mass is 256 g/mol. The molecule has 0 aromatic rings. The Kier molecular flexibility index (Phi) is 4.74. The molecule has 2 aliphatic heterocycles. The van der Waals surface area contributed by atoms with Crippen molar-refractivity contribution in [2.45, 2.75) is 57.7 Å². The van der Waals surface area contributed by atoms with Crippen molar-refractivity contribution < 1.29 is 4.79 Å². The lowest BCUT2D eigenvalue weighted by Gasteiger charge is -2.40. The highest BCUT2D eigenvalue weighted by molar-refractivity contribution is 7.99. The van der Waals surface area contributed by atoms with Crippen molar-refractivity contribution in [1.29, 1.82) is 0 Å². The molecule has 2 rings (SSSR count). The molecule has 0 bridgehead atoms. The van der Waals surface area contributed by atoms with Crippen LogP contribution in [0.3, 0.4) is 0 Å². The molecule has 0 radical (unpaired) electrons. The standard InChI is InChI=1S/C13H24N2OS/c1-10-4-3-5-11(2)15(10)13(16)8-12-9-17-7-6-14-12/h10-12,14H,3-9H2,1-2H3. The number of rotatable bonds is 2. The number of likely N-dealkylation sites (tertiary alicyclic amines) is 1. The summed E-state index contributed by atoms with van der Waals surface area (Å²) in [5.41, 5.74) is 0. The Bertz CT molecular complexity index is 256. The van der Waals surface area contributed by atoms with E-state index in [1.54, 1.807) is 0 Å². The molecule has 3 nitrogen and oxygen atoms in total. The van der Waals surface area contributed by atoms with Gasteiger partial charge in [-0.3, -0.25) is 4.79 Å². The number of nitrogens with one attached hydrogen (secondary N) is 1. The Morgan fingerprint density at radius 1 is 1.35 bits per heavy atom. The molecule has 2 saturated heterocycles. The molecule has 1 N–H and O–H groups in total. The molecule has 98 valence electrons. The van der Waals surface area contributed by atoms with Crippen molar-refractivity contribution in [3.8, 4) is 0 Å². The van der Waals surface area contributed by atoms with E-state index in [0.29, 0.717) is 30.5 Å². The van der Waals surface area contributed by atoms with Gasteiger partial charge in [-0.1, -0.05) is 0 Å². The van der Waals surface area contributed by atoms with Gasteiger partial charge in [0.25, 0.3) is 0 Å². The fourth-order valence-electron chi connectivity index (χ4n) is 2.98. The maximum atomic E-state index is 12.4. The average molecular weight is 256 g/mol. The van der Waals surface area contributed by atoms with Crippen molar-refractivity contribution in [1.82, 2.24) is 10.2 Å². The Balaban J connectivity index is 1.88. The number of piperidine rings is 1. The summed E-state index contributed by atoms with van der Waals surface area (Å²) in [5.74, 6) is 2.62. The lowest BCUT2D eigenvalue weighted by atomic mass is 9.96. The number of hydrogen-bond acceptors (Lipinski definition) is 3. The maximum Gasteiger partial charge on any atom is 0.224 e. The first-order valence-corrected chi connectivity index (χ1v) is 7.96. The third kappa shape index (κ3) is 3.38. The zero-order valence-corrected chi connectivity index (χ0v) is 11.8. The Labute approximate surface area is 109 Å². The van der Waals surface area contributed by atoms with Crippen molar-refractivity contribution in [2.24, 2.45) is 0 Å². The van der Waals surface area contributed by atoms with Gasteiger partial charge in [0, 0.05) is 42.6 Å². The largest absolute Gasteiger partial charge is 0.337 e. The first-order valence-electron chi connectivity index (χ1n) is 6.80. The molecule has 0 aromatic heterocycles. The molecule has 2 aliphatic rings. The van der Waals surface area contributed by atoms with Crippen LogP contribution < -0.4 is 5.32 Å². The van der Waals surface area contributed by atoms with Gasteiger partial charge in [-0.15, -0.1) is 0 Å². The number of carbonyl (C=O) groups is 1. The van der Waals surface area contributed by atoms with Gasteiger partial charge in [-0.2, -0.15) is 11.8 Å². The molecule has 0 spiro atoms. The summed E-state index contributed by atoms with van der Waals surface area (Å²) in [7, 11) is 0. The van der Waals surface area contributed by atoms with Gasteiger partial charge in [-0.25, -0.2) is 0 Å². The molecule has 17 heavy (non-hydrogen) atoms. The second-order valence-electron chi connectivity index (χ2n) is 5.36. The van der Waals surface area contributed by atoms with Crippen LogP contribution >= 0.6 is 11.8 Å². The molecule has 0 saturated carbocycles. The molecule has 3 unspecified atom stereocenters. The fourth-order valence-corrected chi connectivity index (χ4v) is 3.93. The second kappa shape index (κ2) is 6.10. The molecule has 2 heterocycles. The van der Waals surface area contributed by atoms with Crippen molar-refractivity contribution in [3.05, 3.63) is 0 Å². The summed E-state index contributed by atoms with van der Waals surface area (Å²) in [4.78, 5) is 14.5. The summed E-state index contributed by atoms with van der Waals surface area (Å²) >= 11 is 1.96. The molecule has 0 aliphatic carbocycles. The van der Waals surface area contributed by atoms with Crippen molar-refractivity contribution in [3.63, 3.8) is 0 Å². The summed E-state index contributed by atoms with van der Waals surface area (Å²) in [6.45, 7) is 5.43. The quantitative estimate of drug-likeness (QED) is 0.818. The number of hydrogen-bond donors (Lipinski definition) is 1. The van der Waals surface area contributed by atoms with Gasteiger partial charge in [0.2, 0.25) is 5.91 Å². The minimum atomic E-state index is 0.352. The van der Waals surface area contributed by atoms with E-state index in [9.17, 15) is 4.79 Å². The topological polar surface area (TPSA) is 32.3 Å². The molecular weight excluding hydrogens is 232 g/mol. The zero-order valence-electron chi connectivity index (χ0n) is 10.9. The Morgan fingerprint density at radius 3 is 2.65 bits per heavy atom. The molecule has 0 aromatic carbocycles. The summed E-state index contributed by atoms with van der Waals surface area (Å²) in [6.07, 6.45) is 4.29. The lowest BCUT2D eigenvalue weighted by molar-refractivity contribution is -0.137. The molecular formula is C13H24N2OS. The van der Waals surface area contributed by atoms with E-state index in [2.05, 4.69) is 24.1 Å². The van der Waals surface area contributed by atoms with Gasteiger partial charge in [0.15, 0.2) is 0 Å². The third-order valence-corrected chi connectivity index (χ3v) is 5.03. The highest BCUT2D eigenvalue weighted by atomic mass is 32.2. The summed E-state index contributed by atoms with van der Waals surface area (Å²) < 4.78 is 0. The molecule has 3 atom stereocenters. The summed E-state index contributed by atoms with van der Waals surface area (Å²) in [6, 6.07) is 1.26. The van der Waals surface area contributed by atoms with E-state index >= 15 is 0 Å². The molecule has 4 heteroatoms.